The van der Waals surface area contributed by atoms with Gasteiger partial charge < -0.3 is 5.11 Å². The van der Waals surface area contributed by atoms with Crippen LogP contribution in [0.2, 0.25) is 0 Å². The number of carbonyl (C=O) groups is 1. The van der Waals surface area contributed by atoms with Gasteiger partial charge in [-0.2, -0.15) is 0 Å². The van der Waals surface area contributed by atoms with E-state index in [-0.39, 0.29) is 5.56 Å². The van der Waals surface area contributed by atoms with Gasteiger partial charge in [0.2, 0.25) is 5.43 Å². The second-order valence-electron chi connectivity index (χ2n) is 2.51. The van der Waals surface area contributed by atoms with Gasteiger partial charge in [-0.25, -0.2) is 0 Å². The van der Waals surface area contributed by atoms with Gasteiger partial charge in [-0.15, -0.1) is 0 Å². The van der Waals surface area contributed by atoms with Gasteiger partial charge in [-0.1, -0.05) is 44.0 Å². The van der Waals surface area contributed by atoms with E-state index in [0.717, 1.165) is 0 Å². The van der Waals surface area contributed by atoms with Gasteiger partial charge in [0, 0.05) is 0 Å². The Hall–Kier alpha value is -0.680. The van der Waals surface area contributed by atoms with Crippen molar-refractivity contribution >= 4 is 37.6 Å². The molecule has 0 saturated carbocycles. The molecule has 0 radical (unpaired) electrons. The molecule has 14 heavy (non-hydrogen) atoms. The molecule has 0 fully saturated rings. The zero-order valence-electron chi connectivity index (χ0n) is 6.91. The average Bonchev–Trinajstić information content (AvgIpc) is 2.29. The monoisotopic (exact) mass is 320 g/mol. The molecule has 0 heterocycles. The minimum absolute atomic E-state index is 0.00116. The van der Waals surface area contributed by atoms with Gasteiger partial charge >= 0.3 is 0 Å². The number of alkyl halides is 2. The quantitative estimate of drug-likeness (QED) is 0.670. The van der Waals surface area contributed by atoms with Crippen LogP contribution in [0.15, 0.2) is 29.1 Å². The third-order valence-electron chi connectivity index (χ3n) is 1.57. The summed E-state index contributed by atoms with van der Waals surface area (Å²) in [5.74, 6) is -0.917. The van der Waals surface area contributed by atoms with Crippen molar-refractivity contribution in [2.75, 3.05) is 0 Å². The molecule has 0 spiro atoms. The molecule has 0 atom stereocenters. The molecule has 3 nitrogen and oxygen atoms in total. The summed E-state index contributed by atoms with van der Waals surface area (Å²) in [6.45, 7) is 0. The molecular formula is C9H6Br2O3. The number of halogens is 2. The Morgan fingerprint density at radius 3 is 2.43 bits per heavy atom. The lowest BCUT2D eigenvalue weighted by Gasteiger charge is -1.99. The first-order valence-corrected chi connectivity index (χ1v) is 5.52. The summed E-state index contributed by atoms with van der Waals surface area (Å²) < 4.78 is -0.609. The highest BCUT2D eigenvalue weighted by molar-refractivity contribution is 9.25. The number of Topliss-reactive ketones (excluding diaryl/α,β-unsaturated/α-hetero) is 1. The van der Waals surface area contributed by atoms with E-state index in [1.807, 2.05) is 0 Å². The Morgan fingerprint density at radius 2 is 1.86 bits per heavy atom. The summed E-state index contributed by atoms with van der Waals surface area (Å²) in [7, 11) is 0. The Kier molecular flexibility index (Phi) is 3.83. The lowest BCUT2D eigenvalue weighted by atomic mass is 10.2. The average molecular weight is 322 g/mol. The Morgan fingerprint density at radius 1 is 1.29 bits per heavy atom. The van der Waals surface area contributed by atoms with Crippen LogP contribution in [0, 0.1) is 0 Å². The second kappa shape index (κ2) is 4.70. The largest absolute Gasteiger partial charge is 0.504 e. The van der Waals surface area contributed by atoms with Crippen molar-refractivity contribution in [3.63, 3.8) is 0 Å². The van der Waals surface area contributed by atoms with Crippen LogP contribution in [0.25, 0.3) is 0 Å². The van der Waals surface area contributed by atoms with Gasteiger partial charge in [0.1, 0.15) is 3.74 Å². The van der Waals surface area contributed by atoms with E-state index in [9.17, 15) is 14.7 Å². The van der Waals surface area contributed by atoms with E-state index in [4.69, 9.17) is 0 Å². The summed E-state index contributed by atoms with van der Waals surface area (Å²) in [4.78, 5) is 22.6. The van der Waals surface area contributed by atoms with Crippen molar-refractivity contribution in [2.45, 2.75) is 3.74 Å². The summed E-state index contributed by atoms with van der Waals surface area (Å²) in [5.41, 5.74) is -0.572. The normalized spacial score (nSPS) is 10.2. The fourth-order valence-electron chi connectivity index (χ4n) is 0.902. The highest BCUT2D eigenvalue weighted by atomic mass is 79.9. The summed E-state index contributed by atoms with van der Waals surface area (Å²) >= 11 is 6.01. The lowest BCUT2D eigenvalue weighted by Crippen LogP contribution is -2.09. The van der Waals surface area contributed by atoms with Gasteiger partial charge in [-0.3, -0.25) is 9.59 Å². The summed E-state index contributed by atoms with van der Waals surface area (Å²) in [6, 6.07) is 5.59. The van der Waals surface area contributed by atoms with Crippen LogP contribution in [-0.4, -0.2) is 14.6 Å². The third-order valence-corrected chi connectivity index (χ3v) is 2.41. The van der Waals surface area contributed by atoms with Gasteiger partial charge in [-0.05, 0) is 12.1 Å². The van der Waals surface area contributed by atoms with Crippen LogP contribution in [-0.2, 0) is 0 Å². The molecule has 0 bridgehead atoms. The van der Waals surface area contributed by atoms with Crippen molar-refractivity contribution in [1.82, 2.24) is 0 Å². The molecular weight excluding hydrogens is 316 g/mol. The van der Waals surface area contributed by atoms with E-state index >= 15 is 0 Å². The van der Waals surface area contributed by atoms with E-state index in [0.29, 0.717) is 0 Å². The molecule has 5 heteroatoms. The molecule has 0 unspecified atom stereocenters. The van der Waals surface area contributed by atoms with E-state index in [1.54, 1.807) is 0 Å². The molecule has 74 valence electrons. The molecule has 1 N–H and O–H groups in total. The zero-order valence-corrected chi connectivity index (χ0v) is 10.1. The first kappa shape index (κ1) is 11.4. The van der Waals surface area contributed by atoms with Crippen LogP contribution in [0.5, 0.6) is 5.75 Å². The molecule has 1 rings (SSSR count). The van der Waals surface area contributed by atoms with Crippen molar-refractivity contribution in [2.24, 2.45) is 0 Å². The number of carbonyl (C=O) groups excluding carboxylic acids is 1. The maximum atomic E-state index is 11.5. The Labute approximate surface area is 97.0 Å². The first-order chi connectivity index (χ1) is 6.54. The standard InChI is InChI=1S/C9H6Br2O3/c10-9(11)8(14)5-3-1-2-4-6(12)7(5)13/h1-4,9H,(H,12,13). The molecule has 0 saturated heterocycles. The Balaban J connectivity index is 3.38. The van der Waals surface area contributed by atoms with E-state index in [1.165, 1.54) is 24.3 Å². The lowest BCUT2D eigenvalue weighted by molar-refractivity contribution is 0.101. The maximum absolute atomic E-state index is 11.5. The zero-order chi connectivity index (χ0) is 10.7. The molecule has 0 aromatic heterocycles. The molecule has 1 aromatic carbocycles. The number of hydrogen-bond acceptors (Lipinski definition) is 3. The van der Waals surface area contributed by atoms with Crippen LogP contribution in [0.4, 0.5) is 0 Å². The first-order valence-electron chi connectivity index (χ1n) is 3.68. The number of aromatic hydroxyl groups is 1. The van der Waals surface area contributed by atoms with Crippen molar-refractivity contribution in [3.05, 3.63) is 40.1 Å². The predicted octanol–water partition coefficient (Wildman–Crippen LogP) is 2.05. The van der Waals surface area contributed by atoms with Crippen molar-refractivity contribution in [1.29, 1.82) is 0 Å². The summed E-state index contributed by atoms with van der Waals surface area (Å²) in [6.07, 6.45) is 0. The van der Waals surface area contributed by atoms with Crippen LogP contribution in [0.3, 0.4) is 0 Å². The van der Waals surface area contributed by atoms with Crippen molar-refractivity contribution in [3.8, 4) is 5.75 Å². The van der Waals surface area contributed by atoms with Crippen molar-refractivity contribution < 1.29 is 9.90 Å². The van der Waals surface area contributed by atoms with Gasteiger partial charge in [0.25, 0.3) is 0 Å². The maximum Gasteiger partial charge on any atom is 0.220 e. The SMILES string of the molecule is O=C(c1ccccc(=O)c1O)C(Br)Br. The highest BCUT2D eigenvalue weighted by Crippen LogP contribution is 2.19. The van der Waals surface area contributed by atoms with Crippen LogP contribution in [0.1, 0.15) is 10.4 Å². The minimum atomic E-state index is -0.609. The van der Waals surface area contributed by atoms with Crippen LogP contribution < -0.4 is 5.43 Å². The number of ketones is 1. The van der Waals surface area contributed by atoms with Gasteiger partial charge in [0.15, 0.2) is 11.5 Å². The summed E-state index contributed by atoms with van der Waals surface area (Å²) in [5, 5.41) is 9.40. The fraction of sp³-hybridized carbons (Fsp3) is 0.111. The minimum Gasteiger partial charge on any atom is -0.504 e. The Bertz CT molecular complexity index is 415. The van der Waals surface area contributed by atoms with Gasteiger partial charge in [0.05, 0.1) is 5.56 Å². The smallest absolute Gasteiger partial charge is 0.220 e. The number of hydrogen-bond donors (Lipinski definition) is 1. The van der Waals surface area contributed by atoms with Crippen LogP contribution >= 0.6 is 31.9 Å². The number of rotatable bonds is 2. The fourth-order valence-corrected chi connectivity index (χ4v) is 1.39. The predicted molar refractivity (Wildman–Crippen MR) is 60.3 cm³/mol. The highest BCUT2D eigenvalue weighted by Gasteiger charge is 2.17. The van der Waals surface area contributed by atoms with E-state index < -0.39 is 20.7 Å². The molecule has 0 amide bonds. The third kappa shape index (κ3) is 2.42. The topological polar surface area (TPSA) is 54.4 Å². The molecule has 1 aromatic rings. The van der Waals surface area contributed by atoms with E-state index in [2.05, 4.69) is 31.9 Å². The molecule has 0 aliphatic carbocycles. The molecule has 0 aliphatic heterocycles. The molecule has 0 aliphatic rings. The second-order valence-corrected chi connectivity index (χ2v) is 5.57.